The van der Waals surface area contributed by atoms with E-state index >= 15 is 0 Å². The van der Waals surface area contributed by atoms with Gasteiger partial charge in [0, 0.05) is 23.2 Å². The second-order valence-corrected chi connectivity index (χ2v) is 4.11. The lowest BCUT2D eigenvalue weighted by molar-refractivity contribution is 0.283. The molecule has 2 heterocycles. The van der Waals surface area contributed by atoms with Crippen LogP contribution in [-0.4, -0.2) is 15.1 Å². The molecule has 0 atom stereocenters. The number of aryl methyl sites for hydroxylation is 1. The molecule has 84 valence electrons. The maximum absolute atomic E-state index is 9.31. The van der Waals surface area contributed by atoms with Gasteiger partial charge >= 0.3 is 0 Å². The predicted molar refractivity (Wildman–Crippen MR) is 67.7 cm³/mol. The molecular formula is C14H12N2O. The maximum atomic E-state index is 9.31. The van der Waals surface area contributed by atoms with E-state index in [-0.39, 0.29) is 6.61 Å². The van der Waals surface area contributed by atoms with Crippen molar-refractivity contribution in [3.63, 3.8) is 0 Å². The highest BCUT2D eigenvalue weighted by Gasteiger charge is 2.07. The number of aliphatic hydroxyl groups is 1. The van der Waals surface area contributed by atoms with E-state index in [4.69, 9.17) is 0 Å². The molecule has 0 aliphatic heterocycles. The van der Waals surface area contributed by atoms with Crippen molar-refractivity contribution in [3.8, 4) is 0 Å². The van der Waals surface area contributed by atoms with Crippen molar-refractivity contribution in [2.24, 2.45) is 0 Å². The molecule has 17 heavy (non-hydrogen) atoms. The van der Waals surface area contributed by atoms with Gasteiger partial charge in [0.1, 0.15) is 0 Å². The lowest BCUT2D eigenvalue weighted by Crippen LogP contribution is -1.91. The smallest absolute Gasteiger partial charge is 0.0968 e. The second kappa shape index (κ2) is 3.79. The number of hydrogen-bond donors (Lipinski definition) is 1. The zero-order chi connectivity index (χ0) is 11.8. The van der Waals surface area contributed by atoms with Crippen LogP contribution in [0.5, 0.6) is 0 Å². The molecule has 0 unspecified atom stereocenters. The Labute approximate surface area is 98.8 Å². The van der Waals surface area contributed by atoms with Crippen LogP contribution in [0.4, 0.5) is 0 Å². The summed E-state index contributed by atoms with van der Waals surface area (Å²) in [5.74, 6) is 0. The fourth-order valence-corrected chi connectivity index (χ4v) is 2.16. The van der Waals surface area contributed by atoms with Crippen LogP contribution < -0.4 is 0 Å². The Bertz CT molecular complexity index is 707. The van der Waals surface area contributed by atoms with Gasteiger partial charge < -0.3 is 5.11 Å². The van der Waals surface area contributed by atoms with E-state index in [1.54, 1.807) is 12.4 Å². The van der Waals surface area contributed by atoms with Gasteiger partial charge in [-0.3, -0.25) is 9.97 Å². The second-order valence-electron chi connectivity index (χ2n) is 4.11. The van der Waals surface area contributed by atoms with Gasteiger partial charge in [0.05, 0.1) is 17.6 Å². The SMILES string of the molecule is Cc1ccnc2c1ccc1c(CO)ccnc12. The molecule has 2 aromatic heterocycles. The van der Waals surface area contributed by atoms with Crippen molar-refractivity contribution in [2.75, 3.05) is 0 Å². The highest BCUT2D eigenvalue weighted by Crippen LogP contribution is 2.26. The molecule has 0 amide bonds. The van der Waals surface area contributed by atoms with Crippen molar-refractivity contribution >= 4 is 21.8 Å². The average molecular weight is 224 g/mol. The zero-order valence-electron chi connectivity index (χ0n) is 9.51. The van der Waals surface area contributed by atoms with Gasteiger partial charge in [-0.2, -0.15) is 0 Å². The van der Waals surface area contributed by atoms with Crippen molar-refractivity contribution in [1.29, 1.82) is 0 Å². The van der Waals surface area contributed by atoms with E-state index in [9.17, 15) is 5.11 Å². The molecule has 3 rings (SSSR count). The van der Waals surface area contributed by atoms with Crippen molar-refractivity contribution < 1.29 is 5.11 Å². The number of aromatic nitrogens is 2. The minimum Gasteiger partial charge on any atom is -0.392 e. The van der Waals surface area contributed by atoms with E-state index in [1.165, 1.54) is 5.56 Å². The molecule has 1 N–H and O–H groups in total. The van der Waals surface area contributed by atoms with Crippen LogP contribution in [0.3, 0.4) is 0 Å². The van der Waals surface area contributed by atoms with Gasteiger partial charge in [-0.25, -0.2) is 0 Å². The molecule has 1 aromatic carbocycles. The Morgan fingerprint density at radius 3 is 2.35 bits per heavy atom. The number of hydrogen-bond acceptors (Lipinski definition) is 3. The minimum atomic E-state index is 0.0241. The third-order valence-electron chi connectivity index (χ3n) is 3.10. The van der Waals surface area contributed by atoms with Crippen molar-refractivity contribution in [1.82, 2.24) is 9.97 Å². The molecule has 0 saturated heterocycles. The molecule has 0 spiro atoms. The summed E-state index contributed by atoms with van der Waals surface area (Å²) >= 11 is 0. The molecule has 0 aliphatic carbocycles. The number of rotatable bonds is 1. The fraction of sp³-hybridized carbons (Fsp3) is 0.143. The molecule has 0 saturated carbocycles. The molecule has 3 nitrogen and oxygen atoms in total. The molecule has 0 fully saturated rings. The van der Waals surface area contributed by atoms with Crippen LogP contribution in [-0.2, 0) is 6.61 Å². The molecule has 0 radical (unpaired) electrons. The molecule has 3 heteroatoms. The Hall–Kier alpha value is -2.00. The van der Waals surface area contributed by atoms with Crippen molar-refractivity contribution in [2.45, 2.75) is 13.5 Å². The van der Waals surface area contributed by atoms with Crippen LogP contribution in [0.25, 0.3) is 21.8 Å². The van der Waals surface area contributed by atoms with Gasteiger partial charge in [-0.15, -0.1) is 0 Å². The summed E-state index contributed by atoms with van der Waals surface area (Å²) in [6.07, 6.45) is 3.52. The van der Waals surface area contributed by atoms with Gasteiger partial charge in [-0.1, -0.05) is 12.1 Å². The van der Waals surface area contributed by atoms with Gasteiger partial charge in [0.2, 0.25) is 0 Å². The van der Waals surface area contributed by atoms with Gasteiger partial charge in [-0.05, 0) is 30.2 Å². The van der Waals surface area contributed by atoms with Crippen molar-refractivity contribution in [3.05, 3.63) is 47.8 Å². The third kappa shape index (κ3) is 1.47. The van der Waals surface area contributed by atoms with Gasteiger partial charge in [0.25, 0.3) is 0 Å². The monoisotopic (exact) mass is 224 g/mol. The Morgan fingerprint density at radius 2 is 1.59 bits per heavy atom. The summed E-state index contributed by atoms with van der Waals surface area (Å²) in [5.41, 5.74) is 3.84. The first-order valence-corrected chi connectivity index (χ1v) is 5.54. The largest absolute Gasteiger partial charge is 0.392 e. The molecule has 3 aromatic rings. The van der Waals surface area contributed by atoms with Gasteiger partial charge in [0.15, 0.2) is 0 Å². The predicted octanol–water partition coefficient (Wildman–Crippen LogP) is 2.58. The number of benzene rings is 1. The highest BCUT2D eigenvalue weighted by atomic mass is 16.3. The summed E-state index contributed by atoms with van der Waals surface area (Å²) in [4.78, 5) is 8.79. The van der Waals surface area contributed by atoms with Crippen LogP contribution >= 0.6 is 0 Å². The maximum Gasteiger partial charge on any atom is 0.0968 e. The lowest BCUT2D eigenvalue weighted by atomic mass is 10.0. The first-order valence-electron chi connectivity index (χ1n) is 5.54. The first kappa shape index (κ1) is 10.2. The van der Waals surface area contributed by atoms with E-state index in [2.05, 4.69) is 16.9 Å². The topological polar surface area (TPSA) is 46.0 Å². The Morgan fingerprint density at radius 1 is 0.941 bits per heavy atom. The first-order chi connectivity index (χ1) is 8.31. The number of pyridine rings is 2. The number of aliphatic hydroxyl groups excluding tert-OH is 1. The van der Waals surface area contributed by atoms with E-state index in [1.807, 2.05) is 24.3 Å². The third-order valence-corrected chi connectivity index (χ3v) is 3.10. The molecule has 0 bridgehead atoms. The quantitative estimate of drug-likeness (QED) is 0.646. The normalized spacial score (nSPS) is 11.2. The average Bonchev–Trinajstić information content (AvgIpc) is 2.38. The summed E-state index contributed by atoms with van der Waals surface area (Å²) < 4.78 is 0. The number of fused-ring (bicyclic) bond motifs is 3. The fourth-order valence-electron chi connectivity index (χ4n) is 2.16. The van der Waals surface area contributed by atoms with E-state index < -0.39 is 0 Å². The van der Waals surface area contributed by atoms with Crippen LogP contribution in [0, 0.1) is 6.92 Å². The van der Waals surface area contributed by atoms with E-state index in [0.717, 1.165) is 27.4 Å². The Balaban J connectivity index is 2.53. The summed E-state index contributed by atoms with van der Waals surface area (Å²) in [5, 5.41) is 11.4. The van der Waals surface area contributed by atoms with Crippen LogP contribution in [0.1, 0.15) is 11.1 Å². The lowest BCUT2D eigenvalue weighted by Gasteiger charge is -2.07. The highest BCUT2D eigenvalue weighted by molar-refractivity contribution is 6.04. The summed E-state index contributed by atoms with van der Waals surface area (Å²) in [7, 11) is 0. The summed E-state index contributed by atoms with van der Waals surface area (Å²) in [6, 6.07) is 7.87. The standard InChI is InChI=1S/C14H12N2O/c1-9-4-6-15-13-11(9)2-3-12-10(8-17)5-7-16-14(12)13/h2-7,17H,8H2,1H3. The summed E-state index contributed by atoms with van der Waals surface area (Å²) in [6.45, 7) is 2.09. The van der Waals surface area contributed by atoms with Crippen LogP contribution in [0.2, 0.25) is 0 Å². The minimum absolute atomic E-state index is 0.0241. The zero-order valence-corrected chi connectivity index (χ0v) is 9.51. The number of nitrogens with zero attached hydrogens (tertiary/aromatic N) is 2. The van der Waals surface area contributed by atoms with E-state index in [0.29, 0.717) is 0 Å². The van der Waals surface area contributed by atoms with Crippen LogP contribution in [0.15, 0.2) is 36.7 Å². The molecular weight excluding hydrogens is 212 g/mol. The molecule has 0 aliphatic rings. The Kier molecular flexibility index (Phi) is 2.27.